The maximum Gasteiger partial charge on any atom is 0.298 e. The molecule has 0 unspecified atom stereocenters. The van der Waals surface area contributed by atoms with Gasteiger partial charge in [-0.15, -0.1) is 0 Å². The minimum Gasteiger partial charge on any atom is -0.285 e. The van der Waals surface area contributed by atoms with Crippen LogP contribution >= 0.6 is 0 Å². The summed E-state index contributed by atoms with van der Waals surface area (Å²) in [5.41, 5.74) is 0.851. The molecular formula is C11H12N2O+2. The van der Waals surface area contributed by atoms with Crippen molar-refractivity contribution in [2.75, 3.05) is 0 Å². The van der Waals surface area contributed by atoms with Gasteiger partial charge in [-0.1, -0.05) is 6.07 Å². The fourth-order valence-corrected chi connectivity index (χ4v) is 1.32. The van der Waals surface area contributed by atoms with Crippen LogP contribution in [-0.4, -0.2) is 5.21 Å². The van der Waals surface area contributed by atoms with E-state index in [2.05, 4.69) is 0 Å². The molecule has 0 aliphatic rings. The van der Waals surface area contributed by atoms with Crippen LogP contribution < -0.4 is 9.30 Å². The lowest BCUT2D eigenvalue weighted by atomic mass is 10.3. The summed E-state index contributed by atoms with van der Waals surface area (Å²) in [4.78, 5) is 0. The van der Waals surface area contributed by atoms with Crippen LogP contribution in [0.4, 0.5) is 0 Å². The Labute approximate surface area is 82.5 Å². The molecule has 0 aliphatic carbocycles. The summed E-state index contributed by atoms with van der Waals surface area (Å²) < 4.78 is 3.14. The van der Waals surface area contributed by atoms with Gasteiger partial charge in [-0.25, -0.2) is 0 Å². The summed E-state index contributed by atoms with van der Waals surface area (Å²) in [7, 11) is 0. The van der Waals surface area contributed by atoms with Crippen LogP contribution in [0, 0.1) is 0 Å². The van der Waals surface area contributed by atoms with Gasteiger partial charge in [0.15, 0.2) is 12.4 Å². The Morgan fingerprint density at radius 2 is 1.64 bits per heavy atom. The van der Waals surface area contributed by atoms with Crippen molar-refractivity contribution in [2.24, 2.45) is 0 Å². The van der Waals surface area contributed by atoms with Crippen molar-refractivity contribution >= 4 is 0 Å². The summed E-state index contributed by atoms with van der Waals surface area (Å²) in [6.45, 7) is 0.665. The lowest BCUT2D eigenvalue weighted by molar-refractivity contribution is -0.918. The number of hydrogen-bond acceptors (Lipinski definition) is 1. The van der Waals surface area contributed by atoms with Crippen LogP contribution in [0.5, 0.6) is 0 Å². The molecule has 0 aliphatic heterocycles. The van der Waals surface area contributed by atoms with E-state index < -0.39 is 0 Å². The van der Waals surface area contributed by atoms with Crippen LogP contribution in [0.25, 0.3) is 0 Å². The smallest absolute Gasteiger partial charge is 0.285 e. The van der Waals surface area contributed by atoms with Gasteiger partial charge in [0.25, 0.3) is 5.69 Å². The zero-order chi connectivity index (χ0) is 9.80. The minimum absolute atomic E-state index is 0.665. The SMILES string of the molecule is O[n+]1ccccc1C[n+]1ccccc1. The molecule has 1 N–H and O–H groups in total. The van der Waals surface area contributed by atoms with Crippen LogP contribution in [0.1, 0.15) is 5.69 Å². The highest BCUT2D eigenvalue weighted by Gasteiger charge is 2.12. The van der Waals surface area contributed by atoms with E-state index in [-0.39, 0.29) is 0 Å². The van der Waals surface area contributed by atoms with E-state index in [0.29, 0.717) is 6.54 Å². The average Bonchev–Trinajstić information content (AvgIpc) is 2.23. The minimum atomic E-state index is 0.665. The molecule has 0 amide bonds. The Balaban J connectivity index is 2.24. The molecule has 0 spiro atoms. The topological polar surface area (TPSA) is 28.0 Å². The van der Waals surface area contributed by atoms with Crippen LogP contribution in [-0.2, 0) is 6.54 Å². The molecule has 0 aromatic carbocycles. The van der Waals surface area contributed by atoms with E-state index in [0.717, 1.165) is 10.4 Å². The lowest BCUT2D eigenvalue weighted by Gasteiger charge is -1.93. The van der Waals surface area contributed by atoms with Gasteiger partial charge in [-0.05, 0) is 6.07 Å². The monoisotopic (exact) mass is 188 g/mol. The lowest BCUT2D eigenvalue weighted by Crippen LogP contribution is -2.42. The highest BCUT2D eigenvalue weighted by atomic mass is 16.5. The van der Waals surface area contributed by atoms with Crippen molar-refractivity contribution in [3.05, 3.63) is 60.7 Å². The number of nitrogens with zero attached hydrogens (tertiary/aromatic N) is 2. The summed E-state index contributed by atoms with van der Waals surface area (Å²) in [6, 6.07) is 11.5. The molecule has 3 nitrogen and oxygen atoms in total. The maximum atomic E-state index is 9.48. The fraction of sp³-hybridized carbons (Fsp3) is 0.0909. The van der Waals surface area contributed by atoms with E-state index in [1.54, 1.807) is 12.3 Å². The Kier molecular flexibility index (Phi) is 2.40. The van der Waals surface area contributed by atoms with Gasteiger partial charge in [0.05, 0.1) is 0 Å². The highest BCUT2D eigenvalue weighted by molar-refractivity contribution is 4.95. The van der Waals surface area contributed by atoms with Crippen LogP contribution in [0.3, 0.4) is 0 Å². The Bertz CT molecular complexity index is 415. The van der Waals surface area contributed by atoms with Gasteiger partial charge in [0.2, 0.25) is 12.7 Å². The summed E-state index contributed by atoms with van der Waals surface area (Å²) in [6.07, 6.45) is 5.55. The van der Waals surface area contributed by atoms with Crippen molar-refractivity contribution < 1.29 is 14.5 Å². The van der Waals surface area contributed by atoms with Gasteiger partial charge in [0, 0.05) is 29.0 Å². The predicted molar refractivity (Wildman–Crippen MR) is 49.6 cm³/mol. The summed E-state index contributed by atoms with van der Waals surface area (Å²) >= 11 is 0. The van der Waals surface area contributed by atoms with Crippen LogP contribution in [0.2, 0.25) is 0 Å². The molecule has 70 valence electrons. The second-order valence-electron chi connectivity index (χ2n) is 3.08. The molecule has 2 rings (SSSR count). The predicted octanol–water partition coefficient (Wildman–Crippen LogP) is 0.547. The Morgan fingerprint density at radius 3 is 2.36 bits per heavy atom. The molecule has 3 heteroatoms. The van der Waals surface area contributed by atoms with Crippen LogP contribution in [0.15, 0.2) is 55.0 Å². The van der Waals surface area contributed by atoms with Gasteiger partial charge in [-0.2, -0.15) is 4.57 Å². The first-order valence-corrected chi connectivity index (χ1v) is 4.49. The molecule has 2 aromatic heterocycles. The van der Waals surface area contributed by atoms with Gasteiger partial charge >= 0.3 is 0 Å². The molecule has 0 radical (unpaired) electrons. The zero-order valence-corrected chi connectivity index (χ0v) is 7.74. The first-order chi connectivity index (χ1) is 6.86. The molecule has 0 fully saturated rings. The fourth-order valence-electron chi connectivity index (χ4n) is 1.32. The third-order valence-corrected chi connectivity index (χ3v) is 2.04. The van der Waals surface area contributed by atoms with Crippen molar-refractivity contribution in [1.29, 1.82) is 0 Å². The number of rotatable bonds is 2. The van der Waals surface area contributed by atoms with Gasteiger partial charge in [0.1, 0.15) is 0 Å². The first-order valence-electron chi connectivity index (χ1n) is 4.49. The maximum absolute atomic E-state index is 9.48. The van der Waals surface area contributed by atoms with E-state index in [1.807, 2.05) is 47.3 Å². The van der Waals surface area contributed by atoms with Crippen molar-refractivity contribution in [3.63, 3.8) is 0 Å². The molecule has 2 aromatic rings. The van der Waals surface area contributed by atoms with E-state index in [1.165, 1.54) is 0 Å². The van der Waals surface area contributed by atoms with Gasteiger partial charge in [-0.3, -0.25) is 5.21 Å². The number of hydrogen-bond donors (Lipinski definition) is 1. The first kappa shape index (κ1) is 8.69. The largest absolute Gasteiger partial charge is 0.298 e. The standard InChI is InChI=1S/C11H12N2O/c14-13-9-5-2-6-11(13)10-12-7-3-1-4-8-12/h1-9,14H,10H2/q+2. The second kappa shape index (κ2) is 3.87. The summed E-state index contributed by atoms with van der Waals surface area (Å²) in [5.74, 6) is 0. The molecule has 14 heavy (non-hydrogen) atoms. The number of pyridine rings is 2. The number of aromatic nitrogens is 2. The van der Waals surface area contributed by atoms with E-state index in [4.69, 9.17) is 0 Å². The zero-order valence-electron chi connectivity index (χ0n) is 7.74. The highest BCUT2D eigenvalue weighted by Crippen LogP contribution is 1.89. The molecule has 0 saturated carbocycles. The molecular weight excluding hydrogens is 176 g/mol. The molecule has 2 heterocycles. The van der Waals surface area contributed by atoms with Gasteiger partial charge < -0.3 is 0 Å². The normalized spacial score (nSPS) is 10.0. The van der Waals surface area contributed by atoms with Crippen molar-refractivity contribution in [3.8, 4) is 0 Å². The molecule has 0 saturated heterocycles. The Morgan fingerprint density at radius 1 is 0.929 bits per heavy atom. The van der Waals surface area contributed by atoms with Crippen molar-refractivity contribution in [2.45, 2.75) is 6.54 Å². The van der Waals surface area contributed by atoms with Crippen molar-refractivity contribution in [1.82, 2.24) is 0 Å². The quantitative estimate of drug-likeness (QED) is 0.541. The summed E-state index contributed by atoms with van der Waals surface area (Å²) in [5, 5.41) is 9.48. The van der Waals surface area contributed by atoms with E-state index in [9.17, 15) is 5.21 Å². The second-order valence-corrected chi connectivity index (χ2v) is 3.08. The van der Waals surface area contributed by atoms with E-state index >= 15 is 0 Å². The molecule has 0 bridgehead atoms. The Hall–Kier alpha value is -1.90. The average molecular weight is 188 g/mol. The molecule has 0 atom stereocenters. The third kappa shape index (κ3) is 1.88. The third-order valence-electron chi connectivity index (χ3n) is 2.04.